The van der Waals surface area contributed by atoms with Crippen LogP contribution in [-0.2, 0) is 32.6 Å². The largest absolute Gasteiger partial charge is 0.497 e. The average molecular weight is 580 g/mol. The van der Waals surface area contributed by atoms with Gasteiger partial charge in [0.15, 0.2) is 5.78 Å². The number of carbonyl (C=O) groups is 3. The number of hydrogen-bond donors (Lipinski definition) is 1. The van der Waals surface area contributed by atoms with E-state index in [0.29, 0.717) is 29.8 Å². The number of benzene rings is 3. The molecule has 1 N–H and O–H groups in total. The van der Waals surface area contributed by atoms with E-state index in [4.69, 9.17) is 4.74 Å². The summed E-state index contributed by atoms with van der Waals surface area (Å²) >= 11 is 0. The van der Waals surface area contributed by atoms with Crippen LogP contribution in [0, 0.1) is 0 Å². The van der Waals surface area contributed by atoms with Crippen LogP contribution in [0.3, 0.4) is 0 Å². The van der Waals surface area contributed by atoms with Gasteiger partial charge in [0.25, 0.3) is 0 Å². The van der Waals surface area contributed by atoms with Gasteiger partial charge >= 0.3 is 0 Å². The van der Waals surface area contributed by atoms with Crippen molar-refractivity contribution >= 4 is 33.3 Å². The first-order chi connectivity index (χ1) is 19.5. The van der Waals surface area contributed by atoms with E-state index in [1.54, 1.807) is 30.3 Å². The molecule has 10 heteroatoms. The molecule has 0 aromatic heterocycles. The molecule has 0 spiro atoms. The van der Waals surface area contributed by atoms with E-state index in [-0.39, 0.29) is 30.3 Å². The van der Waals surface area contributed by atoms with Crippen molar-refractivity contribution in [1.29, 1.82) is 0 Å². The van der Waals surface area contributed by atoms with Crippen molar-refractivity contribution in [3.63, 3.8) is 0 Å². The summed E-state index contributed by atoms with van der Waals surface area (Å²) in [6.45, 7) is 3.23. The van der Waals surface area contributed by atoms with Crippen molar-refractivity contribution < 1.29 is 27.5 Å². The lowest BCUT2D eigenvalue weighted by molar-refractivity contribution is -0.140. The predicted molar refractivity (Wildman–Crippen MR) is 159 cm³/mol. The van der Waals surface area contributed by atoms with Crippen LogP contribution in [0.4, 0.5) is 5.69 Å². The fourth-order valence-corrected chi connectivity index (χ4v) is 5.22. The molecule has 2 amide bonds. The zero-order valence-electron chi connectivity index (χ0n) is 23.9. The highest BCUT2D eigenvalue weighted by Crippen LogP contribution is 2.23. The molecule has 0 bridgehead atoms. The van der Waals surface area contributed by atoms with E-state index in [9.17, 15) is 22.8 Å². The number of Topliss-reactive ketones (excluding diaryl/α,β-unsaturated/α-hetero) is 1. The molecule has 0 radical (unpaired) electrons. The maximum atomic E-state index is 14.1. The molecule has 0 aliphatic rings. The van der Waals surface area contributed by atoms with Crippen LogP contribution in [0.5, 0.6) is 5.75 Å². The Kier molecular flexibility index (Phi) is 11.0. The van der Waals surface area contributed by atoms with E-state index in [0.717, 1.165) is 16.1 Å². The first kappa shape index (κ1) is 31.3. The van der Waals surface area contributed by atoms with E-state index in [2.05, 4.69) is 5.32 Å². The Hall–Kier alpha value is -4.18. The maximum absolute atomic E-state index is 14.1. The summed E-state index contributed by atoms with van der Waals surface area (Å²) in [5.74, 6) is -0.555. The van der Waals surface area contributed by atoms with Gasteiger partial charge in [0, 0.05) is 25.1 Å². The summed E-state index contributed by atoms with van der Waals surface area (Å²) in [6, 6.07) is 21.7. The fraction of sp³-hybridized carbons (Fsp3) is 0.323. The lowest BCUT2D eigenvalue weighted by Crippen LogP contribution is -2.53. The Labute approximate surface area is 242 Å². The van der Waals surface area contributed by atoms with Crippen molar-refractivity contribution in [2.75, 3.05) is 30.8 Å². The second kappa shape index (κ2) is 14.5. The summed E-state index contributed by atoms with van der Waals surface area (Å²) in [6.07, 6.45) is 1.94. The number of nitrogens with zero attached hydrogens (tertiary/aromatic N) is 2. The third-order valence-electron chi connectivity index (χ3n) is 6.53. The fourth-order valence-electron chi connectivity index (χ4n) is 4.38. The molecule has 3 aromatic carbocycles. The Morgan fingerprint density at radius 2 is 1.61 bits per heavy atom. The quantitative estimate of drug-likeness (QED) is 0.291. The predicted octanol–water partition coefficient (Wildman–Crippen LogP) is 3.83. The number of nitrogens with one attached hydrogen (secondary N) is 1. The molecule has 0 unspecified atom stereocenters. The minimum Gasteiger partial charge on any atom is -0.497 e. The monoisotopic (exact) mass is 579 g/mol. The van der Waals surface area contributed by atoms with Gasteiger partial charge in [-0.1, -0.05) is 61.5 Å². The smallest absolute Gasteiger partial charge is 0.244 e. The molecule has 0 heterocycles. The molecule has 218 valence electrons. The normalized spacial score (nSPS) is 11.8. The highest BCUT2D eigenvalue weighted by Gasteiger charge is 2.33. The number of hydrogen-bond acceptors (Lipinski definition) is 6. The number of methoxy groups -OCH3 is 1. The maximum Gasteiger partial charge on any atom is 0.244 e. The van der Waals surface area contributed by atoms with Gasteiger partial charge in [0.2, 0.25) is 21.8 Å². The molecule has 3 rings (SSSR count). The molecular formula is C31H37N3O6S. The number of anilines is 1. The summed E-state index contributed by atoms with van der Waals surface area (Å²) in [4.78, 5) is 41.0. The minimum atomic E-state index is -3.94. The van der Waals surface area contributed by atoms with Gasteiger partial charge in [-0.05, 0) is 48.7 Å². The Balaban J connectivity index is 2.07. The van der Waals surface area contributed by atoms with Gasteiger partial charge in [0.1, 0.15) is 18.3 Å². The van der Waals surface area contributed by atoms with Crippen LogP contribution in [0.1, 0.15) is 41.8 Å². The third-order valence-corrected chi connectivity index (χ3v) is 7.67. The zero-order chi connectivity index (χ0) is 30.0. The van der Waals surface area contributed by atoms with Gasteiger partial charge in [-0.3, -0.25) is 18.7 Å². The van der Waals surface area contributed by atoms with Crippen molar-refractivity contribution in [3.8, 4) is 5.75 Å². The summed E-state index contributed by atoms with van der Waals surface area (Å²) < 4.78 is 32.2. The molecule has 0 saturated carbocycles. The molecule has 0 fully saturated rings. The second-order valence-corrected chi connectivity index (χ2v) is 11.7. The van der Waals surface area contributed by atoms with Crippen LogP contribution in [0.25, 0.3) is 0 Å². The Bertz CT molecular complexity index is 1460. The standard InChI is InChI=1S/C31H37N3O6S/c1-5-17-32-31(37)29(19-24-11-7-6-8-12-24)33(21-25-13-9-16-28(18-25)40-3)30(36)22-34(41(4,38)39)27-15-10-14-26(20-27)23(2)35/h6-16,18,20,29H,5,17,19,21-22H2,1-4H3,(H,32,37)/t29-/m1/s1. The minimum absolute atomic E-state index is 0.0398. The van der Waals surface area contributed by atoms with Crippen LogP contribution >= 0.6 is 0 Å². The number of rotatable bonds is 14. The lowest BCUT2D eigenvalue weighted by atomic mass is 10.0. The van der Waals surface area contributed by atoms with Crippen LogP contribution < -0.4 is 14.4 Å². The van der Waals surface area contributed by atoms with E-state index in [1.807, 2.05) is 43.3 Å². The van der Waals surface area contributed by atoms with Crippen molar-refractivity contribution in [1.82, 2.24) is 10.2 Å². The van der Waals surface area contributed by atoms with Crippen LogP contribution in [0.15, 0.2) is 78.9 Å². The van der Waals surface area contributed by atoms with Gasteiger partial charge < -0.3 is 15.0 Å². The molecule has 0 aliphatic heterocycles. The first-order valence-corrected chi connectivity index (χ1v) is 15.2. The van der Waals surface area contributed by atoms with E-state index < -0.39 is 28.5 Å². The highest BCUT2D eigenvalue weighted by molar-refractivity contribution is 7.92. The SMILES string of the molecule is CCCNC(=O)[C@@H](Cc1ccccc1)N(Cc1cccc(OC)c1)C(=O)CN(c1cccc(C(C)=O)c1)S(C)(=O)=O. The highest BCUT2D eigenvalue weighted by atomic mass is 32.2. The molecular weight excluding hydrogens is 542 g/mol. The first-order valence-electron chi connectivity index (χ1n) is 13.4. The molecule has 3 aromatic rings. The van der Waals surface area contributed by atoms with Crippen molar-refractivity contribution in [2.24, 2.45) is 0 Å². The number of ether oxygens (including phenoxy) is 1. The van der Waals surface area contributed by atoms with Gasteiger partial charge in [-0.15, -0.1) is 0 Å². The zero-order valence-corrected chi connectivity index (χ0v) is 24.7. The molecule has 41 heavy (non-hydrogen) atoms. The average Bonchev–Trinajstić information content (AvgIpc) is 2.96. The van der Waals surface area contributed by atoms with Crippen molar-refractivity contribution in [2.45, 2.75) is 39.3 Å². The summed E-state index contributed by atoms with van der Waals surface area (Å²) in [5, 5.41) is 2.90. The Morgan fingerprint density at radius 1 is 0.927 bits per heavy atom. The number of ketones is 1. The summed E-state index contributed by atoms with van der Waals surface area (Å²) in [5.41, 5.74) is 2.06. The van der Waals surface area contributed by atoms with Gasteiger partial charge in [-0.2, -0.15) is 0 Å². The third kappa shape index (κ3) is 8.91. The molecule has 1 atom stereocenters. The van der Waals surface area contributed by atoms with Crippen LogP contribution in [0.2, 0.25) is 0 Å². The topological polar surface area (TPSA) is 113 Å². The van der Waals surface area contributed by atoms with E-state index in [1.165, 1.54) is 31.1 Å². The van der Waals surface area contributed by atoms with E-state index >= 15 is 0 Å². The van der Waals surface area contributed by atoms with Crippen molar-refractivity contribution in [3.05, 3.63) is 95.6 Å². The number of amides is 2. The lowest BCUT2D eigenvalue weighted by Gasteiger charge is -2.33. The molecule has 9 nitrogen and oxygen atoms in total. The number of sulfonamides is 1. The Morgan fingerprint density at radius 3 is 2.24 bits per heavy atom. The molecule has 0 saturated heterocycles. The molecule has 0 aliphatic carbocycles. The number of carbonyl (C=O) groups excluding carboxylic acids is 3. The van der Waals surface area contributed by atoms with Crippen LogP contribution in [-0.4, -0.2) is 63.4 Å². The summed E-state index contributed by atoms with van der Waals surface area (Å²) in [7, 11) is -2.40. The van der Waals surface area contributed by atoms with Gasteiger partial charge in [-0.25, -0.2) is 8.42 Å². The second-order valence-electron chi connectivity index (χ2n) is 9.75. The van der Waals surface area contributed by atoms with Gasteiger partial charge in [0.05, 0.1) is 19.1 Å².